The molecule has 0 unspecified atom stereocenters. The van der Waals surface area contributed by atoms with Crippen LogP contribution in [0.15, 0.2) is 30.3 Å². The Morgan fingerprint density at radius 1 is 1.00 bits per heavy atom. The molecule has 2 atom stereocenters. The highest BCUT2D eigenvalue weighted by atomic mass is 16.6. The summed E-state index contributed by atoms with van der Waals surface area (Å²) in [5, 5.41) is 0. The van der Waals surface area contributed by atoms with Gasteiger partial charge in [0.2, 0.25) is 0 Å². The molecule has 1 aliphatic carbocycles. The number of carbonyl (C=O) groups excluding carboxylic acids is 2. The van der Waals surface area contributed by atoms with Crippen molar-refractivity contribution in [2.45, 2.75) is 44.8 Å². The van der Waals surface area contributed by atoms with Gasteiger partial charge in [-0.1, -0.05) is 18.2 Å². The highest BCUT2D eigenvalue weighted by molar-refractivity contribution is 5.89. The second-order valence-corrected chi connectivity index (χ2v) is 4.74. The SMILES string of the molecule is CC(=O)O[C@@H]1CCCC[C@@H]1OC(=O)c1ccccc1. The summed E-state index contributed by atoms with van der Waals surface area (Å²) >= 11 is 0. The molecule has 0 heterocycles. The van der Waals surface area contributed by atoms with Crippen LogP contribution in [0.4, 0.5) is 0 Å². The van der Waals surface area contributed by atoms with Gasteiger partial charge in [-0.2, -0.15) is 0 Å². The maximum absolute atomic E-state index is 12.0. The van der Waals surface area contributed by atoms with Gasteiger partial charge in [-0.3, -0.25) is 4.79 Å². The van der Waals surface area contributed by atoms with Crippen LogP contribution in [0.3, 0.4) is 0 Å². The highest BCUT2D eigenvalue weighted by Crippen LogP contribution is 2.25. The Morgan fingerprint density at radius 3 is 2.16 bits per heavy atom. The van der Waals surface area contributed by atoms with Crippen molar-refractivity contribution in [2.75, 3.05) is 0 Å². The fourth-order valence-electron chi connectivity index (χ4n) is 2.33. The standard InChI is InChI=1S/C15H18O4/c1-11(16)18-13-9-5-6-10-14(13)19-15(17)12-7-3-2-4-8-12/h2-4,7-8,13-14H,5-6,9-10H2,1H3/t13-,14+/m1/s1. The van der Waals surface area contributed by atoms with E-state index in [1.165, 1.54) is 6.92 Å². The van der Waals surface area contributed by atoms with Crippen molar-refractivity contribution in [3.63, 3.8) is 0 Å². The van der Waals surface area contributed by atoms with E-state index in [4.69, 9.17) is 9.47 Å². The molecule has 0 amide bonds. The van der Waals surface area contributed by atoms with Gasteiger partial charge in [0.15, 0.2) is 0 Å². The minimum atomic E-state index is -0.357. The van der Waals surface area contributed by atoms with Gasteiger partial charge in [-0.15, -0.1) is 0 Å². The topological polar surface area (TPSA) is 52.6 Å². The number of hydrogen-bond acceptors (Lipinski definition) is 4. The van der Waals surface area contributed by atoms with Gasteiger partial charge in [0.1, 0.15) is 12.2 Å². The summed E-state index contributed by atoms with van der Waals surface area (Å²) in [5.74, 6) is -0.683. The average molecular weight is 262 g/mol. The van der Waals surface area contributed by atoms with Crippen LogP contribution in [-0.4, -0.2) is 24.1 Å². The van der Waals surface area contributed by atoms with E-state index in [1.807, 2.05) is 6.07 Å². The first-order chi connectivity index (χ1) is 9.16. The Morgan fingerprint density at radius 2 is 1.58 bits per heavy atom. The largest absolute Gasteiger partial charge is 0.459 e. The van der Waals surface area contributed by atoms with Crippen molar-refractivity contribution in [1.82, 2.24) is 0 Å². The third-order valence-corrected chi connectivity index (χ3v) is 3.23. The molecule has 1 saturated carbocycles. The third kappa shape index (κ3) is 3.81. The van der Waals surface area contributed by atoms with E-state index >= 15 is 0 Å². The van der Waals surface area contributed by atoms with E-state index in [1.54, 1.807) is 24.3 Å². The van der Waals surface area contributed by atoms with Crippen LogP contribution < -0.4 is 0 Å². The Kier molecular flexibility index (Phi) is 4.55. The van der Waals surface area contributed by atoms with Crippen LogP contribution in [-0.2, 0) is 14.3 Å². The van der Waals surface area contributed by atoms with Gasteiger partial charge in [0, 0.05) is 6.92 Å². The van der Waals surface area contributed by atoms with Crippen molar-refractivity contribution >= 4 is 11.9 Å². The van der Waals surface area contributed by atoms with Crippen LogP contribution in [0.1, 0.15) is 43.0 Å². The minimum absolute atomic E-state index is 0.307. The molecule has 0 spiro atoms. The van der Waals surface area contributed by atoms with Gasteiger partial charge in [0.25, 0.3) is 0 Å². The molecule has 0 aromatic heterocycles. The van der Waals surface area contributed by atoms with Gasteiger partial charge < -0.3 is 9.47 Å². The van der Waals surface area contributed by atoms with Crippen LogP contribution in [0.2, 0.25) is 0 Å². The normalized spacial score (nSPS) is 22.6. The van der Waals surface area contributed by atoms with Gasteiger partial charge >= 0.3 is 11.9 Å². The summed E-state index contributed by atoms with van der Waals surface area (Å²) in [6, 6.07) is 8.86. The predicted molar refractivity (Wildman–Crippen MR) is 69.7 cm³/mol. The molecule has 4 nitrogen and oxygen atoms in total. The number of esters is 2. The lowest BCUT2D eigenvalue weighted by Crippen LogP contribution is -2.37. The van der Waals surface area contributed by atoms with Gasteiger partial charge in [-0.05, 0) is 37.8 Å². The summed E-state index contributed by atoms with van der Waals surface area (Å²) in [4.78, 5) is 23.0. The van der Waals surface area contributed by atoms with E-state index in [-0.39, 0.29) is 24.1 Å². The summed E-state index contributed by atoms with van der Waals surface area (Å²) in [5.41, 5.74) is 0.523. The molecule has 0 aliphatic heterocycles. The number of hydrogen-bond donors (Lipinski definition) is 0. The average Bonchev–Trinajstić information content (AvgIpc) is 2.41. The van der Waals surface area contributed by atoms with Crippen LogP contribution >= 0.6 is 0 Å². The molecule has 1 fully saturated rings. The lowest BCUT2D eigenvalue weighted by Gasteiger charge is -2.30. The van der Waals surface area contributed by atoms with Crippen molar-refractivity contribution < 1.29 is 19.1 Å². The van der Waals surface area contributed by atoms with E-state index in [9.17, 15) is 9.59 Å². The van der Waals surface area contributed by atoms with Crippen LogP contribution in [0.25, 0.3) is 0 Å². The molecular weight excluding hydrogens is 244 g/mol. The number of carbonyl (C=O) groups is 2. The zero-order valence-electron chi connectivity index (χ0n) is 11.0. The Labute approximate surface area is 112 Å². The summed E-state index contributed by atoms with van der Waals surface area (Å²) in [6.45, 7) is 1.38. The summed E-state index contributed by atoms with van der Waals surface area (Å²) in [7, 11) is 0. The zero-order valence-corrected chi connectivity index (χ0v) is 11.0. The molecule has 1 aliphatic rings. The van der Waals surface area contributed by atoms with Crippen molar-refractivity contribution in [2.24, 2.45) is 0 Å². The molecule has 0 saturated heterocycles. The molecular formula is C15H18O4. The molecule has 1 aromatic carbocycles. The number of benzene rings is 1. The van der Waals surface area contributed by atoms with Crippen LogP contribution in [0.5, 0.6) is 0 Å². The lowest BCUT2D eigenvalue weighted by atomic mass is 9.94. The molecule has 19 heavy (non-hydrogen) atoms. The monoisotopic (exact) mass is 262 g/mol. The molecule has 2 rings (SSSR count). The summed E-state index contributed by atoms with van der Waals surface area (Å²) in [6.07, 6.45) is 2.86. The molecule has 0 radical (unpaired) electrons. The molecule has 0 bridgehead atoms. The smallest absolute Gasteiger partial charge is 0.338 e. The maximum Gasteiger partial charge on any atom is 0.338 e. The molecule has 1 aromatic rings. The number of rotatable bonds is 3. The maximum atomic E-state index is 12.0. The van der Waals surface area contributed by atoms with Crippen molar-refractivity contribution in [3.8, 4) is 0 Å². The van der Waals surface area contributed by atoms with E-state index in [0.29, 0.717) is 5.56 Å². The zero-order chi connectivity index (χ0) is 13.7. The third-order valence-electron chi connectivity index (χ3n) is 3.23. The Balaban J connectivity index is 1.99. The first kappa shape index (κ1) is 13.6. The lowest BCUT2D eigenvalue weighted by molar-refractivity contribution is -0.155. The highest BCUT2D eigenvalue weighted by Gasteiger charge is 2.30. The fraction of sp³-hybridized carbons (Fsp3) is 0.467. The number of ether oxygens (including phenoxy) is 2. The van der Waals surface area contributed by atoms with Crippen molar-refractivity contribution in [1.29, 1.82) is 0 Å². The Bertz CT molecular complexity index is 441. The van der Waals surface area contributed by atoms with Gasteiger partial charge in [0.05, 0.1) is 5.56 Å². The predicted octanol–water partition coefficient (Wildman–Crippen LogP) is 2.72. The first-order valence-electron chi connectivity index (χ1n) is 6.60. The quantitative estimate of drug-likeness (QED) is 0.786. The molecule has 4 heteroatoms. The molecule has 102 valence electrons. The second-order valence-electron chi connectivity index (χ2n) is 4.74. The first-order valence-corrected chi connectivity index (χ1v) is 6.60. The fourth-order valence-corrected chi connectivity index (χ4v) is 2.33. The van der Waals surface area contributed by atoms with Crippen LogP contribution in [0, 0.1) is 0 Å². The summed E-state index contributed by atoms with van der Waals surface area (Å²) < 4.78 is 10.7. The van der Waals surface area contributed by atoms with E-state index < -0.39 is 0 Å². The Hall–Kier alpha value is -1.84. The minimum Gasteiger partial charge on any atom is -0.459 e. The van der Waals surface area contributed by atoms with E-state index in [2.05, 4.69) is 0 Å². The van der Waals surface area contributed by atoms with Gasteiger partial charge in [-0.25, -0.2) is 4.79 Å². The molecule has 0 N–H and O–H groups in total. The van der Waals surface area contributed by atoms with Crippen molar-refractivity contribution in [3.05, 3.63) is 35.9 Å². The second kappa shape index (κ2) is 6.36. The van der Waals surface area contributed by atoms with E-state index in [0.717, 1.165) is 25.7 Å².